The molecule has 1 heterocycles. The number of aromatic nitrogens is 2. The number of rotatable bonds is 4. The number of nitrogens with zero attached hydrogens (tertiary/aromatic N) is 2. The van der Waals surface area contributed by atoms with Gasteiger partial charge in [0, 0.05) is 6.04 Å². The number of hydrogen-bond donors (Lipinski definition) is 2. The van der Waals surface area contributed by atoms with Crippen LogP contribution >= 0.6 is 0 Å². The Morgan fingerprint density at radius 2 is 2.11 bits per heavy atom. The second-order valence-corrected chi connectivity index (χ2v) is 4.86. The summed E-state index contributed by atoms with van der Waals surface area (Å²) in [7, 11) is 0. The monoisotopic (exact) mass is 249 g/mol. The number of hydrogen-bond acceptors (Lipinski definition) is 4. The zero-order chi connectivity index (χ0) is 13.0. The molecule has 0 radical (unpaired) electrons. The normalized spacial score (nSPS) is 23.6. The molecule has 18 heavy (non-hydrogen) atoms. The molecular weight excluding hydrogens is 230 g/mol. The minimum Gasteiger partial charge on any atom is -0.476 e. The van der Waals surface area contributed by atoms with E-state index in [4.69, 9.17) is 5.11 Å². The van der Waals surface area contributed by atoms with Gasteiger partial charge < -0.3 is 10.4 Å². The highest BCUT2D eigenvalue weighted by molar-refractivity contribution is 5.85. The molecule has 1 saturated carbocycles. The highest BCUT2D eigenvalue weighted by Crippen LogP contribution is 2.27. The molecule has 0 amide bonds. The molecule has 5 heteroatoms. The summed E-state index contributed by atoms with van der Waals surface area (Å²) in [6.07, 6.45) is 8.82. The number of carboxylic acid groups (broad SMARTS) is 1. The van der Waals surface area contributed by atoms with E-state index in [0.717, 1.165) is 18.8 Å². The van der Waals surface area contributed by atoms with Crippen LogP contribution in [0.1, 0.15) is 49.5 Å². The molecule has 1 aliphatic rings. The fourth-order valence-corrected chi connectivity index (χ4v) is 2.46. The Bertz CT molecular complexity index is 414. The Hall–Kier alpha value is -1.65. The largest absolute Gasteiger partial charge is 0.476 e. The fraction of sp³-hybridized carbons (Fsp3) is 0.615. The van der Waals surface area contributed by atoms with Crippen LogP contribution in [0.2, 0.25) is 0 Å². The van der Waals surface area contributed by atoms with Gasteiger partial charge in [-0.15, -0.1) is 0 Å². The Morgan fingerprint density at radius 3 is 2.72 bits per heavy atom. The van der Waals surface area contributed by atoms with E-state index in [1.165, 1.54) is 25.5 Å². The van der Waals surface area contributed by atoms with E-state index in [0.29, 0.717) is 11.9 Å². The molecule has 0 aliphatic heterocycles. The maximum Gasteiger partial charge on any atom is 0.356 e. The predicted octanol–water partition coefficient (Wildman–Crippen LogP) is 2.56. The highest BCUT2D eigenvalue weighted by atomic mass is 16.4. The topological polar surface area (TPSA) is 75.1 Å². The standard InChI is InChI=1S/C13H19N3O2/c1-2-9-3-5-10(6-4-9)15-12-8-14-7-11(16-12)13(17)18/h7-10H,2-6H2,1H3,(H,15,16)(H,17,18). The summed E-state index contributed by atoms with van der Waals surface area (Å²) in [6, 6.07) is 0.395. The zero-order valence-electron chi connectivity index (χ0n) is 10.6. The van der Waals surface area contributed by atoms with Gasteiger partial charge in [0.05, 0.1) is 12.4 Å². The van der Waals surface area contributed by atoms with Gasteiger partial charge >= 0.3 is 5.97 Å². The molecule has 0 bridgehead atoms. The van der Waals surface area contributed by atoms with E-state index in [9.17, 15) is 4.79 Å². The van der Waals surface area contributed by atoms with E-state index in [2.05, 4.69) is 22.2 Å². The van der Waals surface area contributed by atoms with E-state index in [1.54, 1.807) is 6.20 Å². The van der Waals surface area contributed by atoms with Crippen molar-refractivity contribution in [2.75, 3.05) is 5.32 Å². The van der Waals surface area contributed by atoms with Crippen molar-refractivity contribution in [3.8, 4) is 0 Å². The molecule has 0 saturated heterocycles. The second-order valence-electron chi connectivity index (χ2n) is 4.86. The van der Waals surface area contributed by atoms with Crippen LogP contribution in [0, 0.1) is 5.92 Å². The average Bonchev–Trinajstić information content (AvgIpc) is 2.40. The number of aromatic carboxylic acids is 1. The van der Waals surface area contributed by atoms with Gasteiger partial charge in [0.15, 0.2) is 5.69 Å². The molecule has 1 aromatic rings. The van der Waals surface area contributed by atoms with Crippen LogP contribution in [0.5, 0.6) is 0 Å². The molecule has 1 aromatic heterocycles. The first-order valence-corrected chi connectivity index (χ1v) is 6.51. The number of carbonyl (C=O) groups is 1. The lowest BCUT2D eigenvalue weighted by atomic mass is 9.84. The van der Waals surface area contributed by atoms with Crippen LogP contribution in [0.3, 0.4) is 0 Å². The van der Waals surface area contributed by atoms with E-state index >= 15 is 0 Å². The van der Waals surface area contributed by atoms with Crippen molar-refractivity contribution in [1.29, 1.82) is 0 Å². The van der Waals surface area contributed by atoms with Gasteiger partial charge in [-0.2, -0.15) is 0 Å². The van der Waals surface area contributed by atoms with Crippen molar-refractivity contribution in [2.45, 2.75) is 45.1 Å². The average molecular weight is 249 g/mol. The Morgan fingerprint density at radius 1 is 1.39 bits per heavy atom. The summed E-state index contributed by atoms with van der Waals surface area (Å²) in [4.78, 5) is 18.7. The van der Waals surface area contributed by atoms with E-state index in [-0.39, 0.29) is 5.69 Å². The summed E-state index contributed by atoms with van der Waals surface area (Å²) in [5, 5.41) is 12.1. The number of anilines is 1. The molecule has 2 N–H and O–H groups in total. The molecular formula is C13H19N3O2. The summed E-state index contributed by atoms with van der Waals surface area (Å²) < 4.78 is 0. The minimum absolute atomic E-state index is 0.0118. The number of carboxylic acids is 1. The summed E-state index contributed by atoms with van der Waals surface area (Å²) >= 11 is 0. The van der Waals surface area contributed by atoms with Crippen LogP contribution in [0.15, 0.2) is 12.4 Å². The molecule has 0 atom stereocenters. The van der Waals surface area contributed by atoms with Crippen LogP contribution in [-0.2, 0) is 0 Å². The smallest absolute Gasteiger partial charge is 0.356 e. The van der Waals surface area contributed by atoms with Gasteiger partial charge in [0.1, 0.15) is 5.82 Å². The molecule has 5 nitrogen and oxygen atoms in total. The SMILES string of the molecule is CCC1CCC(Nc2cncc(C(=O)O)n2)CC1. The van der Waals surface area contributed by atoms with Crippen molar-refractivity contribution >= 4 is 11.8 Å². The van der Waals surface area contributed by atoms with Crippen LogP contribution in [0.4, 0.5) is 5.82 Å². The number of nitrogens with one attached hydrogen (secondary N) is 1. The minimum atomic E-state index is -1.04. The Kier molecular flexibility index (Phi) is 4.12. The Balaban J connectivity index is 1.94. The van der Waals surface area contributed by atoms with Crippen molar-refractivity contribution in [3.05, 3.63) is 18.1 Å². The van der Waals surface area contributed by atoms with Crippen molar-refractivity contribution < 1.29 is 9.90 Å². The van der Waals surface area contributed by atoms with E-state index < -0.39 is 5.97 Å². The first-order chi connectivity index (χ1) is 8.69. The third kappa shape index (κ3) is 3.18. The molecule has 1 aliphatic carbocycles. The van der Waals surface area contributed by atoms with Gasteiger partial charge in [0.25, 0.3) is 0 Å². The van der Waals surface area contributed by atoms with Crippen molar-refractivity contribution in [1.82, 2.24) is 9.97 Å². The lowest BCUT2D eigenvalue weighted by Gasteiger charge is -2.28. The molecule has 0 unspecified atom stereocenters. The van der Waals surface area contributed by atoms with Gasteiger partial charge in [-0.1, -0.05) is 13.3 Å². The molecule has 98 valence electrons. The van der Waals surface area contributed by atoms with E-state index in [1.807, 2.05) is 0 Å². The predicted molar refractivity (Wildman–Crippen MR) is 68.7 cm³/mol. The van der Waals surface area contributed by atoms with Gasteiger partial charge in [-0.05, 0) is 31.6 Å². The maximum atomic E-state index is 10.8. The third-order valence-electron chi connectivity index (χ3n) is 3.63. The summed E-state index contributed by atoms with van der Waals surface area (Å²) in [5.41, 5.74) is -0.0118. The molecule has 1 fully saturated rings. The fourth-order valence-electron chi connectivity index (χ4n) is 2.46. The third-order valence-corrected chi connectivity index (χ3v) is 3.63. The van der Waals surface area contributed by atoms with Crippen LogP contribution < -0.4 is 5.32 Å². The highest BCUT2D eigenvalue weighted by Gasteiger charge is 2.20. The molecule has 0 spiro atoms. The lowest BCUT2D eigenvalue weighted by molar-refractivity contribution is 0.0690. The van der Waals surface area contributed by atoms with Crippen molar-refractivity contribution in [3.63, 3.8) is 0 Å². The maximum absolute atomic E-state index is 10.8. The summed E-state index contributed by atoms with van der Waals surface area (Å²) in [5.74, 6) is 0.371. The summed E-state index contributed by atoms with van der Waals surface area (Å²) in [6.45, 7) is 2.24. The van der Waals surface area contributed by atoms with Crippen LogP contribution in [-0.4, -0.2) is 27.1 Å². The van der Waals surface area contributed by atoms with Gasteiger partial charge in [0.2, 0.25) is 0 Å². The first kappa shape index (κ1) is 12.8. The Labute approximate surface area is 107 Å². The quantitative estimate of drug-likeness (QED) is 0.857. The van der Waals surface area contributed by atoms with Gasteiger partial charge in [-0.25, -0.2) is 9.78 Å². The van der Waals surface area contributed by atoms with Gasteiger partial charge in [-0.3, -0.25) is 4.98 Å². The van der Waals surface area contributed by atoms with Crippen LogP contribution in [0.25, 0.3) is 0 Å². The zero-order valence-corrected chi connectivity index (χ0v) is 10.6. The van der Waals surface area contributed by atoms with Crippen molar-refractivity contribution in [2.24, 2.45) is 5.92 Å². The first-order valence-electron chi connectivity index (χ1n) is 6.51. The molecule has 2 rings (SSSR count). The second kappa shape index (κ2) is 5.80. The molecule has 0 aromatic carbocycles. The lowest BCUT2D eigenvalue weighted by Crippen LogP contribution is -2.26.